The fraction of sp³-hybridized carbons (Fsp3) is 0.263. The highest BCUT2D eigenvalue weighted by atomic mass is 32.1. The number of carbonyl (C=O) groups excluding carboxylic acids is 2. The Bertz CT molecular complexity index is 881. The lowest BCUT2D eigenvalue weighted by Crippen LogP contribution is -2.40. The summed E-state index contributed by atoms with van der Waals surface area (Å²) < 4.78 is 34.7. The van der Waals surface area contributed by atoms with Crippen LogP contribution in [0.15, 0.2) is 30.3 Å². The Kier molecular flexibility index (Phi) is 7.51. The van der Waals surface area contributed by atoms with Gasteiger partial charge >= 0.3 is 6.61 Å². The average molecular weight is 410 g/mol. The largest absolute Gasteiger partial charge is 0.493 e. The second-order valence-electron chi connectivity index (χ2n) is 5.60. The predicted molar refractivity (Wildman–Crippen MR) is 103 cm³/mol. The van der Waals surface area contributed by atoms with E-state index in [2.05, 4.69) is 15.6 Å². The summed E-state index contributed by atoms with van der Waals surface area (Å²) in [6.07, 6.45) is 3.19. The molecular formula is C19H20F2N2O4S. The molecule has 0 bridgehead atoms. The summed E-state index contributed by atoms with van der Waals surface area (Å²) in [5, 5.41) is 0. The molecule has 0 aliphatic rings. The summed E-state index contributed by atoms with van der Waals surface area (Å²) in [6, 6.07) is 6.28. The first kappa shape index (κ1) is 21.4. The molecule has 28 heavy (non-hydrogen) atoms. The summed E-state index contributed by atoms with van der Waals surface area (Å²) in [7, 11) is 1.32. The Morgan fingerprint density at radius 1 is 1.29 bits per heavy atom. The van der Waals surface area contributed by atoms with E-state index in [0.717, 1.165) is 22.9 Å². The molecule has 0 aliphatic carbocycles. The van der Waals surface area contributed by atoms with Gasteiger partial charge in [0.15, 0.2) is 11.5 Å². The molecule has 0 spiro atoms. The molecule has 150 valence electrons. The molecule has 9 heteroatoms. The number of para-hydroxylation sites is 1. The van der Waals surface area contributed by atoms with Crippen LogP contribution in [0.2, 0.25) is 0 Å². The van der Waals surface area contributed by atoms with Gasteiger partial charge in [0.2, 0.25) is 0 Å². The number of carbonyl (C=O) groups is 2. The third-order valence-corrected chi connectivity index (χ3v) is 5.10. The van der Waals surface area contributed by atoms with Crippen molar-refractivity contribution in [1.29, 1.82) is 0 Å². The zero-order valence-electron chi connectivity index (χ0n) is 15.5. The maximum atomic E-state index is 12.6. The van der Waals surface area contributed by atoms with Crippen LogP contribution < -0.4 is 20.3 Å². The van der Waals surface area contributed by atoms with Crippen LogP contribution in [0.4, 0.5) is 8.78 Å². The van der Waals surface area contributed by atoms with Crippen LogP contribution in [0.5, 0.6) is 11.5 Å². The molecule has 6 nitrogen and oxygen atoms in total. The van der Waals surface area contributed by atoms with E-state index >= 15 is 0 Å². The van der Waals surface area contributed by atoms with Gasteiger partial charge in [0, 0.05) is 16.5 Å². The average Bonchev–Trinajstić information content (AvgIpc) is 3.05. The second kappa shape index (κ2) is 9.84. The van der Waals surface area contributed by atoms with Crippen molar-refractivity contribution in [1.82, 2.24) is 10.9 Å². The number of aryl methyl sites for hydroxylation is 2. The molecule has 2 aromatic rings. The standard InChI is InChI=1S/C19H20F2N2O4S/c1-4-14-11(2)10-15(28-14)18(25)23-22-16(24)9-8-12-6-5-7-13(26-3)17(12)27-19(20)21/h5-10,19H,4H2,1-3H3,(H,22,24)(H,23,25)/b9-8+. The topological polar surface area (TPSA) is 76.7 Å². The Hall–Kier alpha value is -2.94. The van der Waals surface area contributed by atoms with E-state index in [9.17, 15) is 18.4 Å². The number of benzene rings is 1. The number of rotatable bonds is 7. The molecule has 0 saturated carbocycles. The van der Waals surface area contributed by atoms with Gasteiger partial charge in [0.25, 0.3) is 11.8 Å². The lowest BCUT2D eigenvalue weighted by molar-refractivity contribution is -0.117. The van der Waals surface area contributed by atoms with Crippen LogP contribution in [-0.4, -0.2) is 25.5 Å². The van der Waals surface area contributed by atoms with E-state index < -0.39 is 18.4 Å². The number of ether oxygens (including phenoxy) is 2. The summed E-state index contributed by atoms with van der Waals surface area (Å²) in [5.74, 6) is -1.15. The number of hydrogen-bond donors (Lipinski definition) is 2. The molecule has 0 atom stereocenters. The minimum atomic E-state index is -3.04. The normalized spacial score (nSPS) is 10.9. The van der Waals surface area contributed by atoms with Gasteiger partial charge in [-0.05, 0) is 37.1 Å². The maximum Gasteiger partial charge on any atom is 0.387 e. The van der Waals surface area contributed by atoms with Crippen LogP contribution in [0.25, 0.3) is 6.08 Å². The number of alkyl halides is 2. The molecule has 2 rings (SSSR count). The van der Waals surface area contributed by atoms with Crippen molar-refractivity contribution < 1.29 is 27.8 Å². The third kappa shape index (κ3) is 5.53. The van der Waals surface area contributed by atoms with Crippen LogP contribution in [0.1, 0.15) is 32.6 Å². The summed E-state index contributed by atoms with van der Waals surface area (Å²) in [5.41, 5.74) is 5.81. The Morgan fingerprint density at radius 3 is 2.64 bits per heavy atom. The number of halogens is 2. The first-order chi connectivity index (χ1) is 13.3. The first-order valence-corrected chi connectivity index (χ1v) is 9.16. The van der Waals surface area contributed by atoms with Crippen molar-refractivity contribution in [2.75, 3.05) is 7.11 Å². The SMILES string of the molecule is CCc1sc(C(=O)NNC(=O)/C=C/c2cccc(OC)c2OC(F)F)cc1C. The molecule has 0 unspecified atom stereocenters. The van der Waals surface area contributed by atoms with Crippen LogP contribution in [0.3, 0.4) is 0 Å². The van der Waals surface area contributed by atoms with Gasteiger partial charge in [-0.3, -0.25) is 20.4 Å². The van der Waals surface area contributed by atoms with Gasteiger partial charge in [0.05, 0.1) is 12.0 Å². The highest BCUT2D eigenvalue weighted by molar-refractivity contribution is 7.14. The Morgan fingerprint density at radius 2 is 2.04 bits per heavy atom. The number of hydrogen-bond acceptors (Lipinski definition) is 5. The Balaban J connectivity index is 2.02. The second-order valence-corrected chi connectivity index (χ2v) is 6.74. The van der Waals surface area contributed by atoms with Gasteiger partial charge in [-0.25, -0.2) is 0 Å². The molecular weight excluding hydrogens is 390 g/mol. The smallest absolute Gasteiger partial charge is 0.387 e. The molecule has 0 saturated heterocycles. The van der Waals surface area contributed by atoms with Gasteiger partial charge in [-0.15, -0.1) is 11.3 Å². The van der Waals surface area contributed by atoms with Crippen molar-refractivity contribution in [3.63, 3.8) is 0 Å². The van der Waals surface area contributed by atoms with Crippen molar-refractivity contribution in [3.8, 4) is 11.5 Å². The van der Waals surface area contributed by atoms with Crippen LogP contribution in [0, 0.1) is 6.92 Å². The van der Waals surface area contributed by atoms with E-state index in [1.807, 2.05) is 13.8 Å². The van der Waals surface area contributed by atoms with E-state index in [1.165, 1.54) is 36.7 Å². The molecule has 2 amide bonds. The monoisotopic (exact) mass is 410 g/mol. The van der Waals surface area contributed by atoms with Crippen molar-refractivity contribution >= 4 is 29.2 Å². The molecule has 0 radical (unpaired) electrons. The van der Waals surface area contributed by atoms with Gasteiger partial charge in [-0.1, -0.05) is 19.1 Å². The van der Waals surface area contributed by atoms with E-state index in [-0.39, 0.29) is 17.1 Å². The zero-order valence-corrected chi connectivity index (χ0v) is 16.4. The molecule has 1 heterocycles. The number of methoxy groups -OCH3 is 1. The first-order valence-electron chi connectivity index (χ1n) is 8.35. The highest BCUT2D eigenvalue weighted by Crippen LogP contribution is 2.33. The fourth-order valence-electron chi connectivity index (χ4n) is 2.41. The van der Waals surface area contributed by atoms with Crippen molar-refractivity contribution in [2.24, 2.45) is 0 Å². The highest BCUT2D eigenvalue weighted by Gasteiger charge is 2.14. The zero-order chi connectivity index (χ0) is 20.7. The predicted octanol–water partition coefficient (Wildman–Crippen LogP) is 3.70. The third-order valence-electron chi connectivity index (χ3n) is 3.72. The summed E-state index contributed by atoms with van der Waals surface area (Å²) >= 11 is 1.36. The summed E-state index contributed by atoms with van der Waals surface area (Å²) in [4.78, 5) is 25.6. The fourth-order valence-corrected chi connectivity index (χ4v) is 3.42. The number of hydrazine groups is 1. The molecule has 1 aromatic carbocycles. The number of amides is 2. The Labute approximate surface area is 165 Å². The number of nitrogens with one attached hydrogen (secondary N) is 2. The molecule has 0 aliphatic heterocycles. The minimum absolute atomic E-state index is 0.107. The van der Waals surface area contributed by atoms with E-state index in [0.29, 0.717) is 4.88 Å². The minimum Gasteiger partial charge on any atom is -0.493 e. The van der Waals surface area contributed by atoms with E-state index in [4.69, 9.17) is 4.74 Å². The lowest BCUT2D eigenvalue weighted by atomic mass is 10.1. The van der Waals surface area contributed by atoms with Gasteiger partial charge in [0.1, 0.15) is 0 Å². The molecule has 2 N–H and O–H groups in total. The number of thiophene rings is 1. The maximum absolute atomic E-state index is 12.6. The lowest BCUT2D eigenvalue weighted by Gasteiger charge is -2.12. The van der Waals surface area contributed by atoms with Gasteiger partial charge < -0.3 is 9.47 Å². The van der Waals surface area contributed by atoms with Crippen LogP contribution >= 0.6 is 11.3 Å². The molecule has 0 fully saturated rings. The van der Waals surface area contributed by atoms with Crippen molar-refractivity contribution in [2.45, 2.75) is 26.9 Å². The molecule has 1 aromatic heterocycles. The van der Waals surface area contributed by atoms with Crippen LogP contribution in [-0.2, 0) is 11.2 Å². The van der Waals surface area contributed by atoms with E-state index in [1.54, 1.807) is 12.1 Å². The van der Waals surface area contributed by atoms with Gasteiger partial charge in [-0.2, -0.15) is 8.78 Å². The quantitative estimate of drug-likeness (QED) is 0.539. The summed E-state index contributed by atoms with van der Waals surface area (Å²) in [6.45, 7) is 0.872. The van der Waals surface area contributed by atoms with Crippen molar-refractivity contribution in [3.05, 3.63) is 51.2 Å².